The van der Waals surface area contributed by atoms with Gasteiger partial charge in [0.05, 0.1) is 5.25 Å². The quantitative estimate of drug-likeness (QED) is 0.695. The van der Waals surface area contributed by atoms with Crippen molar-refractivity contribution >= 4 is 18.5 Å². The van der Waals surface area contributed by atoms with Crippen molar-refractivity contribution in [1.29, 1.82) is 0 Å². The normalized spacial score (nSPS) is 29.6. The third-order valence-corrected chi connectivity index (χ3v) is 3.22. The molecule has 2 nitrogen and oxygen atoms in total. The summed E-state index contributed by atoms with van der Waals surface area (Å²) in [6, 6.07) is 0. The van der Waals surface area contributed by atoms with Crippen LogP contribution in [0.15, 0.2) is 0 Å². The van der Waals surface area contributed by atoms with E-state index in [-0.39, 0.29) is 11.2 Å². The van der Waals surface area contributed by atoms with E-state index in [1.54, 1.807) is 0 Å². The average molecular weight is 215 g/mol. The minimum Gasteiger partial charge on any atom is -0.355 e. The molecule has 1 N–H and O–H groups in total. The Bertz CT molecular complexity index is 194. The first-order valence-corrected chi connectivity index (χ1v) is 6.07. The second-order valence-corrected chi connectivity index (χ2v) is 5.33. The molecular weight excluding hydrogens is 194 g/mol. The highest BCUT2D eigenvalue weighted by Crippen LogP contribution is 2.27. The largest absolute Gasteiger partial charge is 0.355 e. The Balaban J connectivity index is 2.20. The van der Waals surface area contributed by atoms with E-state index in [1.807, 2.05) is 6.92 Å². The summed E-state index contributed by atoms with van der Waals surface area (Å²) in [7, 11) is 0. The smallest absolute Gasteiger partial charge is 0.232 e. The van der Waals surface area contributed by atoms with Gasteiger partial charge in [-0.25, -0.2) is 0 Å². The summed E-state index contributed by atoms with van der Waals surface area (Å²) in [5.74, 6) is 1.58. The number of rotatable bonds is 3. The molecule has 0 aliphatic heterocycles. The SMILES string of the molecule is CC1CCCC(CNC(=O)C(C)S)C1. The molecule has 1 fully saturated rings. The van der Waals surface area contributed by atoms with Gasteiger partial charge >= 0.3 is 0 Å². The van der Waals surface area contributed by atoms with Gasteiger partial charge in [-0.3, -0.25) is 4.79 Å². The van der Waals surface area contributed by atoms with Crippen LogP contribution in [-0.2, 0) is 4.79 Å². The zero-order chi connectivity index (χ0) is 10.6. The Morgan fingerprint density at radius 1 is 1.57 bits per heavy atom. The molecule has 0 radical (unpaired) electrons. The van der Waals surface area contributed by atoms with Gasteiger partial charge in [0.2, 0.25) is 5.91 Å². The predicted molar refractivity (Wildman–Crippen MR) is 62.6 cm³/mol. The Hall–Kier alpha value is -0.180. The van der Waals surface area contributed by atoms with Crippen molar-refractivity contribution < 1.29 is 4.79 Å². The maximum absolute atomic E-state index is 11.3. The van der Waals surface area contributed by atoms with Crippen molar-refractivity contribution in [3.05, 3.63) is 0 Å². The molecule has 82 valence electrons. The number of carbonyl (C=O) groups is 1. The van der Waals surface area contributed by atoms with E-state index in [0.717, 1.165) is 12.5 Å². The highest BCUT2D eigenvalue weighted by atomic mass is 32.1. The van der Waals surface area contributed by atoms with Gasteiger partial charge in [0, 0.05) is 6.54 Å². The lowest BCUT2D eigenvalue weighted by Crippen LogP contribution is -2.35. The fraction of sp³-hybridized carbons (Fsp3) is 0.909. The summed E-state index contributed by atoms with van der Waals surface area (Å²) < 4.78 is 0. The van der Waals surface area contributed by atoms with E-state index in [9.17, 15) is 4.79 Å². The maximum Gasteiger partial charge on any atom is 0.232 e. The van der Waals surface area contributed by atoms with Crippen molar-refractivity contribution in [1.82, 2.24) is 5.32 Å². The van der Waals surface area contributed by atoms with E-state index >= 15 is 0 Å². The van der Waals surface area contributed by atoms with Gasteiger partial charge in [0.1, 0.15) is 0 Å². The molecular formula is C11H21NOS. The molecule has 0 aromatic carbocycles. The first-order chi connectivity index (χ1) is 6.59. The lowest BCUT2D eigenvalue weighted by Gasteiger charge is -2.26. The number of nitrogens with one attached hydrogen (secondary N) is 1. The van der Waals surface area contributed by atoms with E-state index in [2.05, 4.69) is 24.9 Å². The van der Waals surface area contributed by atoms with Crippen molar-refractivity contribution in [2.45, 2.75) is 44.8 Å². The zero-order valence-electron chi connectivity index (χ0n) is 9.12. The molecule has 0 saturated heterocycles. The third-order valence-electron chi connectivity index (χ3n) is 2.99. The van der Waals surface area contributed by atoms with Crippen LogP contribution in [0, 0.1) is 11.8 Å². The predicted octanol–water partition coefficient (Wildman–Crippen LogP) is 2.25. The molecule has 1 saturated carbocycles. The minimum absolute atomic E-state index is 0.0616. The first kappa shape index (κ1) is 11.9. The van der Waals surface area contributed by atoms with Gasteiger partial charge in [-0.15, -0.1) is 0 Å². The van der Waals surface area contributed by atoms with E-state index < -0.39 is 0 Å². The van der Waals surface area contributed by atoms with Crippen LogP contribution < -0.4 is 5.32 Å². The molecule has 0 aromatic heterocycles. The fourth-order valence-electron chi connectivity index (χ4n) is 2.14. The van der Waals surface area contributed by atoms with Crippen molar-refractivity contribution in [2.24, 2.45) is 11.8 Å². The zero-order valence-corrected chi connectivity index (χ0v) is 10.0. The number of hydrogen-bond acceptors (Lipinski definition) is 2. The molecule has 1 aliphatic carbocycles. The second kappa shape index (κ2) is 5.64. The highest BCUT2D eigenvalue weighted by Gasteiger charge is 2.19. The molecule has 3 unspecified atom stereocenters. The summed E-state index contributed by atoms with van der Waals surface area (Å²) in [4.78, 5) is 11.3. The third kappa shape index (κ3) is 3.91. The highest BCUT2D eigenvalue weighted by molar-refractivity contribution is 7.81. The van der Waals surface area contributed by atoms with Gasteiger partial charge in [-0.2, -0.15) is 12.6 Å². The minimum atomic E-state index is -0.184. The molecule has 0 bridgehead atoms. The van der Waals surface area contributed by atoms with Crippen molar-refractivity contribution in [2.75, 3.05) is 6.54 Å². The fourth-order valence-corrected chi connectivity index (χ4v) is 2.23. The summed E-state index contributed by atoms with van der Waals surface area (Å²) in [6.07, 6.45) is 5.21. The maximum atomic E-state index is 11.3. The number of hydrogen-bond donors (Lipinski definition) is 2. The Labute approximate surface area is 92.2 Å². The van der Waals surface area contributed by atoms with Crippen LogP contribution in [0.5, 0.6) is 0 Å². The lowest BCUT2D eigenvalue weighted by molar-refractivity contribution is -0.120. The van der Waals surface area contributed by atoms with Gasteiger partial charge in [0.15, 0.2) is 0 Å². The molecule has 3 heteroatoms. The van der Waals surface area contributed by atoms with Crippen LogP contribution in [0.25, 0.3) is 0 Å². The standard InChI is InChI=1S/C11H21NOS/c1-8-4-3-5-10(6-8)7-12-11(13)9(2)14/h8-10,14H,3-7H2,1-2H3,(H,12,13). The number of carbonyl (C=O) groups excluding carboxylic acids is 1. The van der Waals surface area contributed by atoms with Gasteiger partial charge in [-0.1, -0.05) is 19.8 Å². The van der Waals surface area contributed by atoms with Gasteiger partial charge < -0.3 is 5.32 Å². The summed E-state index contributed by atoms with van der Waals surface area (Å²) in [6.45, 7) is 4.95. The number of amides is 1. The molecule has 0 heterocycles. The second-order valence-electron chi connectivity index (χ2n) is 4.56. The van der Waals surface area contributed by atoms with E-state index in [0.29, 0.717) is 5.92 Å². The van der Waals surface area contributed by atoms with Crippen molar-refractivity contribution in [3.63, 3.8) is 0 Å². The molecule has 14 heavy (non-hydrogen) atoms. The van der Waals surface area contributed by atoms with Crippen LogP contribution in [0.1, 0.15) is 39.5 Å². The Kier molecular flexibility index (Phi) is 4.79. The summed E-state index contributed by atoms with van der Waals surface area (Å²) in [5, 5.41) is 2.77. The molecule has 0 aromatic rings. The molecule has 0 spiro atoms. The Morgan fingerprint density at radius 2 is 2.29 bits per heavy atom. The molecule has 3 atom stereocenters. The molecule has 1 amide bonds. The summed E-state index contributed by atoms with van der Waals surface area (Å²) in [5.41, 5.74) is 0. The van der Waals surface area contributed by atoms with E-state index in [1.165, 1.54) is 25.7 Å². The monoisotopic (exact) mass is 215 g/mol. The topological polar surface area (TPSA) is 29.1 Å². The number of thiol groups is 1. The first-order valence-electron chi connectivity index (χ1n) is 5.55. The van der Waals surface area contributed by atoms with Crippen LogP contribution >= 0.6 is 12.6 Å². The van der Waals surface area contributed by atoms with Gasteiger partial charge in [0.25, 0.3) is 0 Å². The Morgan fingerprint density at radius 3 is 2.86 bits per heavy atom. The molecule has 1 aliphatic rings. The van der Waals surface area contributed by atoms with Crippen LogP contribution in [0.4, 0.5) is 0 Å². The average Bonchev–Trinajstić information content (AvgIpc) is 2.14. The van der Waals surface area contributed by atoms with Gasteiger partial charge in [-0.05, 0) is 31.6 Å². The van der Waals surface area contributed by atoms with Crippen LogP contribution in [0.2, 0.25) is 0 Å². The summed E-state index contributed by atoms with van der Waals surface area (Å²) >= 11 is 4.10. The van der Waals surface area contributed by atoms with E-state index in [4.69, 9.17) is 0 Å². The van der Waals surface area contributed by atoms with Crippen LogP contribution in [0.3, 0.4) is 0 Å². The van der Waals surface area contributed by atoms with Crippen LogP contribution in [-0.4, -0.2) is 17.7 Å². The lowest BCUT2D eigenvalue weighted by atomic mass is 9.82. The molecule has 1 rings (SSSR count). The van der Waals surface area contributed by atoms with Crippen molar-refractivity contribution in [3.8, 4) is 0 Å².